The van der Waals surface area contributed by atoms with Gasteiger partial charge in [-0.05, 0) is 87.1 Å². The molecular formula is C52H68F2N8O11S2. The highest BCUT2D eigenvalue weighted by atomic mass is 32.2. The van der Waals surface area contributed by atoms with Gasteiger partial charge in [-0.3, -0.25) is 33.6 Å². The summed E-state index contributed by atoms with van der Waals surface area (Å²) in [6, 6.07) is 2.60. The van der Waals surface area contributed by atoms with E-state index in [1.54, 1.807) is 52.0 Å². The van der Waals surface area contributed by atoms with Crippen molar-refractivity contribution >= 4 is 76.9 Å². The van der Waals surface area contributed by atoms with E-state index < -0.39 is 101 Å². The predicted octanol–water partition coefficient (Wildman–Crippen LogP) is 5.52. The van der Waals surface area contributed by atoms with Crippen LogP contribution in [-0.4, -0.2) is 98.3 Å². The van der Waals surface area contributed by atoms with Crippen molar-refractivity contribution in [3.8, 4) is 0 Å². The first-order valence-electron chi connectivity index (χ1n) is 24.6. The number of esters is 2. The Labute approximate surface area is 445 Å². The second-order valence-electron chi connectivity index (χ2n) is 17.7. The van der Waals surface area contributed by atoms with Gasteiger partial charge in [0.2, 0.25) is 11.8 Å². The number of amides is 6. The van der Waals surface area contributed by atoms with E-state index in [-0.39, 0.29) is 59.7 Å². The highest BCUT2D eigenvalue weighted by Gasteiger charge is 2.32. The van der Waals surface area contributed by atoms with Crippen molar-refractivity contribution in [3.63, 3.8) is 0 Å². The summed E-state index contributed by atoms with van der Waals surface area (Å²) in [6.07, 6.45) is 11.7. The van der Waals surface area contributed by atoms with Crippen LogP contribution in [0.4, 0.5) is 8.78 Å². The van der Waals surface area contributed by atoms with Crippen LogP contribution in [-0.2, 0) is 56.1 Å². The smallest absolute Gasteiger partial charge is 0.329 e. The molecule has 0 spiro atoms. The summed E-state index contributed by atoms with van der Waals surface area (Å²) in [7, 11) is 0. The van der Waals surface area contributed by atoms with E-state index in [0.29, 0.717) is 30.8 Å². The molecular weight excluding hydrogens is 1010 g/mol. The average Bonchev–Trinajstić information content (AvgIpc) is 3.36. The number of rotatable bonds is 13. The molecule has 23 heteroatoms. The van der Waals surface area contributed by atoms with E-state index >= 15 is 0 Å². The summed E-state index contributed by atoms with van der Waals surface area (Å²) in [5, 5.41) is 15.2. The first-order chi connectivity index (χ1) is 35.7. The number of aromatic nitrogens is 2. The lowest BCUT2D eigenvalue weighted by atomic mass is 10.0. The molecule has 408 valence electrons. The number of pyridine rings is 2. The number of fused-ring (bicyclic) bond motifs is 4. The zero-order valence-electron chi connectivity index (χ0n) is 43.2. The molecule has 6 N–H and O–H groups in total. The molecule has 2 aliphatic rings. The molecule has 6 amide bonds. The number of cyclic esters (lactones) is 2. The first kappa shape index (κ1) is 62.5. The van der Waals surface area contributed by atoms with Crippen LogP contribution in [0, 0.1) is 23.5 Å². The van der Waals surface area contributed by atoms with Crippen LogP contribution >= 0.6 is 24.4 Å². The van der Waals surface area contributed by atoms with Gasteiger partial charge in [0.05, 0.1) is 37.3 Å². The summed E-state index contributed by atoms with van der Waals surface area (Å²) in [4.78, 5) is 122. The number of ether oxygens (including phenoxy) is 2. The quantitative estimate of drug-likeness (QED) is 0.0429. The molecule has 4 heterocycles. The largest absolute Gasteiger partial charge is 0.456 e. The Balaban J connectivity index is 0.000000402. The lowest BCUT2D eigenvalue weighted by Crippen LogP contribution is -2.48. The monoisotopic (exact) mass is 1080 g/mol. The Morgan fingerprint density at radius 3 is 1.53 bits per heavy atom. The molecule has 2 aliphatic heterocycles. The van der Waals surface area contributed by atoms with Gasteiger partial charge in [-0.15, -0.1) is 0 Å². The Morgan fingerprint density at radius 1 is 0.693 bits per heavy atom. The molecule has 4 bridgehead atoms. The fourth-order valence-corrected chi connectivity index (χ4v) is 7.75. The molecule has 0 aromatic carbocycles. The average molecular weight is 1080 g/mol. The fourth-order valence-electron chi connectivity index (χ4n) is 6.83. The number of unbranched alkanes of at least 4 members (excludes halogenated alkanes) is 2. The third-order valence-electron chi connectivity index (χ3n) is 11.0. The van der Waals surface area contributed by atoms with Gasteiger partial charge in [0.15, 0.2) is 28.1 Å². The molecule has 2 aromatic rings. The number of allylic oxidation sites excluding steroid dienone is 4. The number of halogens is 2. The standard InChI is InChI=1S/C29H39FN4O6S.C23H29FN4O5S/c1-5-7-8-12-24(36)41-15-10-9-11-20-16-23(35)31-17-19-13-14-21(30)26(32-19)28(38)33-22(6-2)27(37)34-25(18(3)4)29(39)40-20;1-4-17-21(30)28-19(13(2)3)23(32)33-15(7-5-6-10-34)11-18(29)25-12-14-8-9-16(24)20(26-14)22(31)27-17/h6,9,11,13-14,18,20,25H,5,7-8,10,12,15-17H2,1-4H3,(H,31,35)(H,33,38)(H,34,37);4-5,7-9,13,15,19,34H,6,10-12H2,1-3H3,(H,25,29)(H,27,31)(H,28,30)/b11-9+,22-6-;7-5+,17-4-/t20-,25+;15-,19+/m11/s1. The van der Waals surface area contributed by atoms with E-state index in [4.69, 9.17) is 9.47 Å². The second-order valence-corrected chi connectivity index (χ2v) is 19.3. The Bertz CT molecular complexity index is 2500. The lowest BCUT2D eigenvalue weighted by molar-refractivity contribution is -0.153. The predicted molar refractivity (Wildman–Crippen MR) is 280 cm³/mol. The first-order valence-corrected chi connectivity index (χ1v) is 26.2. The molecule has 0 saturated heterocycles. The van der Waals surface area contributed by atoms with Gasteiger partial charge in [-0.25, -0.2) is 28.3 Å². The van der Waals surface area contributed by atoms with Gasteiger partial charge in [0, 0.05) is 12.2 Å². The molecule has 0 saturated carbocycles. The van der Waals surface area contributed by atoms with Gasteiger partial charge in [0.25, 0.3) is 23.6 Å². The number of carbonyl (C=O) groups is 9. The highest BCUT2D eigenvalue weighted by Crippen LogP contribution is 2.17. The van der Waals surface area contributed by atoms with Gasteiger partial charge in [-0.2, -0.15) is 12.6 Å². The highest BCUT2D eigenvalue weighted by molar-refractivity contribution is 8.13. The van der Waals surface area contributed by atoms with Crippen LogP contribution in [0.5, 0.6) is 0 Å². The molecule has 75 heavy (non-hydrogen) atoms. The minimum atomic E-state index is -1.10. The molecule has 2 aromatic heterocycles. The lowest BCUT2D eigenvalue weighted by Gasteiger charge is -2.24. The second kappa shape index (κ2) is 32.5. The van der Waals surface area contributed by atoms with Crippen LogP contribution in [0.15, 0.2) is 72.1 Å². The molecule has 0 fully saturated rings. The molecule has 0 unspecified atom stereocenters. The van der Waals surface area contributed by atoms with Crippen LogP contribution in [0.2, 0.25) is 0 Å². The summed E-state index contributed by atoms with van der Waals surface area (Å²) >= 11 is 5.38. The number of thioether (sulfide) groups is 1. The third-order valence-corrected chi connectivity index (χ3v) is 12.2. The Hall–Kier alpha value is -6.75. The van der Waals surface area contributed by atoms with Gasteiger partial charge in [0.1, 0.15) is 35.7 Å². The van der Waals surface area contributed by atoms with Crippen LogP contribution in [0.25, 0.3) is 0 Å². The summed E-state index contributed by atoms with van der Waals surface area (Å²) in [5.41, 5.74) is -0.999. The Kier molecular flexibility index (Phi) is 27.1. The molecule has 0 aliphatic carbocycles. The number of nitrogens with zero attached hydrogens (tertiary/aromatic N) is 2. The zero-order chi connectivity index (χ0) is 55.6. The topological polar surface area (TPSA) is 270 Å². The minimum Gasteiger partial charge on any atom is -0.456 e. The van der Waals surface area contributed by atoms with Gasteiger partial charge in [-0.1, -0.05) is 83.5 Å². The maximum Gasteiger partial charge on any atom is 0.329 e. The normalized spacial score (nSPS) is 20.9. The van der Waals surface area contributed by atoms with E-state index in [0.717, 1.165) is 31.4 Å². The summed E-state index contributed by atoms with van der Waals surface area (Å²) in [5.74, 6) is -7.27. The maximum atomic E-state index is 14.4. The van der Waals surface area contributed by atoms with Crippen molar-refractivity contribution in [1.29, 1.82) is 0 Å². The third kappa shape index (κ3) is 21.6. The summed E-state index contributed by atoms with van der Waals surface area (Å²) in [6.45, 7) is 11.7. The van der Waals surface area contributed by atoms with Crippen molar-refractivity contribution < 1.29 is 61.4 Å². The number of thiol groups is 1. The van der Waals surface area contributed by atoms with E-state index in [2.05, 4.69) is 61.4 Å². The number of carbonyl (C=O) groups excluding carboxylic acids is 9. The van der Waals surface area contributed by atoms with Crippen LogP contribution < -0.4 is 31.9 Å². The number of nitrogens with one attached hydrogen (secondary N) is 6. The van der Waals surface area contributed by atoms with E-state index in [1.165, 1.54) is 49.9 Å². The van der Waals surface area contributed by atoms with Gasteiger partial charge < -0.3 is 41.4 Å². The van der Waals surface area contributed by atoms with E-state index in [9.17, 15) is 51.9 Å². The van der Waals surface area contributed by atoms with Gasteiger partial charge >= 0.3 is 11.9 Å². The van der Waals surface area contributed by atoms with Crippen molar-refractivity contribution in [3.05, 3.63) is 107 Å². The zero-order valence-corrected chi connectivity index (χ0v) is 44.9. The van der Waals surface area contributed by atoms with Crippen molar-refractivity contribution in [1.82, 2.24) is 41.9 Å². The number of hydrogen-bond donors (Lipinski definition) is 7. The van der Waals surface area contributed by atoms with Crippen LogP contribution in [0.3, 0.4) is 0 Å². The molecule has 19 nitrogen and oxygen atoms in total. The fraction of sp³-hybridized carbons (Fsp3) is 0.481. The molecule has 4 rings (SSSR count). The molecule has 0 radical (unpaired) electrons. The van der Waals surface area contributed by atoms with E-state index in [1.807, 2.05) is 0 Å². The summed E-state index contributed by atoms with van der Waals surface area (Å²) < 4.78 is 39.8. The molecule has 4 atom stereocenters. The van der Waals surface area contributed by atoms with Crippen molar-refractivity contribution in [2.75, 3.05) is 11.5 Å². The minimum absolute atomic E-state index is 0.0774. The van der Waals surface area contributed by atoms with Crippen LogP contribution in [0.1, 0.15) is 132 Å². The van der Waals surface area contributed by atoms with Crippen molar-refractivity contribution in [2.24, 2.45) is 11.8 Å². The Morgan fingerprint density at radius 2 is 1.13 bits per heavy atom. The maximum absolute atomic E-state index is 14.4. The van der Waals surface area contributed by atoms with Crippen molar-refractivity contribution in [2.45, 2.75) is 137 Å². The SMILES string of the molecule is C/C=C1\NC(=O)c2nc(ccc2F)CNC(=O)C[C@@H](/C=C/CCS)OC(=O)[C@H](C(C)C)NC1=O.C/C=C1\NC(=O)c2nc(ccc2F)CNC(=O)C[C@@H](/C=C/CCSC(=O)CCCCC)OC(=O)[C@H](C(C)C)NC1=O. The number of hydrogen-bond acceptors (Lipinski definition) is 15.